The predicted octanol–water partition coefficient (Wildman–Crippen LogP) is 3.39. The zero-order valence-corrected chi connectivity index (χ0v) is 18.5. The maximum Gasteiger partial charge on any atom is 0.243 e. The number of nitrogens with zero attached hydrogens (tertiary/aromatic N) is 3. The van der Waals surface area contributed by atoms with Crippen molar-refractivity contribution in [2.24, 2.45) is 0 Å². The van der Waals surface area contributed by atoms with Crippen LogP contribution < -0.4 is 5.32 Å². The van der Waals surface area contributed by atoms with Crippen LogP contribution in [-0.2, 0) is 21.3 Å². The highest BCUT2D eigenvalue weighted by atomic mass is 32.2. The first kappa shape index (κ1) is 21.4. The van der Waals surface area contributed by atoms with Gasteiger partial charge in [0.25, 0.3) is 0 Å². The van der Waals surface area contributed by atoms with Crippen molar-refractivity contribution in [3.05, 3.63) is 71.3 Å². The van der Waals surface area contributed by atoms with Gasteiger partial charge in [0.1, 0.15) is 5.82 Å². The number of aromatic nitrogens is 2. The standard InChI is InChI=1S/C23H26N4O3S/c1-17-5-3-4-6-20(17)16-24-23-10-9-21(25-26-23)19-8-7-18(2)22(15-19)31(28,29)27-11-13-30-14-12-27/h3-10,15H,11-14,16H2,1-2H3,(H,24,26). The quantitative estimate of drug-likeness (QED) is 0.635. The number of aryl methyl sites for hydroxylation is 2. The number of sulfonamides is 1. The minimum Gasteiger partial charge on any atom is -0.379 e. The van der Waals surface area contributed by atoms with Crippen LogP contribution in [0.2, 0.25) is 0 Å². The Morgan fingerprint density at radius 2 is 1.74 bits per heavy atom. The highest BCUT2D eigenvalue weighted by Gasteiger charge is 2.28. The van der Waals surface area contributed by atoms with E-state index in [2.05, 4.69) is 34.6 Å². The summed E-state index contributed by atoms with van der Waals surface area (Å²) in [4.78, 5) is 0.301. The molecule has 8 heteroatoms. The van der Waals surface area contributed by atoms with Crippen molar-refractivity contribution in [1.29, 1.82) is 0 Å². The molecule has 1 aliphatic rings. The third kappa shape index (κ3) is 4.76. The van der Waals surface area contributed by atoms with Gasteiger partial charge in [-0.25, -0.2) is 8.42 Å². The molecule has 162 valence electrons. The van der Waals surface area contributed by atoms with Crippen LogP contribution >= 0.6 is 0 Å². The molecule has 0 saturated carbocycles. The van der Waals surface area contributed by atoms with Gasteiger partial charge < -0.3 is 10.1 Å². The molecule has 1 aliphatic heterocycles. The second-order valence-corrected chi connectivity index (χ2v) is 9.49. The number of anilines is 1. The van der Waals surface area contributed by atoms with Crippen molar-refractivity contribution in [2.75, 3.05) is 31.6 Å². The summed E-state index contributed by atoms with van der Waals surface area (Å²) in [5.74, 6) is 0.667. The lowest BCUT2D eigenvalue weighted by atomic mass is 10.1. The summed E-state index contributed by atoms with van der Waals surface area (Å²) in [6.07, 6.45) is 0. The molecular weight excluding hydrogens is 412 g/mol. The Hall–Kier alpha value is -2.81. The average molecular weight is 439 g/mol. The first-order chi connectivity index (χ1) is 14.9. The lowest BCUT2D eigenvalue weighted by Gasteiger charge is -2.26. The molecule has 7 nitrogen and oxygen atoms in total. The monoisotopic (exact) mass is 438 g/mol. The van der Waals surface area contributed by atoms with Crippen LogP contribution in [0.4, 0.5) is 5.82 Å². The third-order valence-corrected chi connectivity index (χ3v) is 7.50. The number of nitrogens with one attached hydrogen (secondary N) is 1. The van der Waals surface area contributed by atoms with Gasteiger partial charge in [0.05, 0.1) is 23.8 Å². The smallest absolute Gasteiger partial charge is 0.243 e. The van der Waals surface area contributed by atoms with Gasteiger partial charge in [-0.1, -0.05) is 36.4 Å². The van der Waals surface area contributed by atoms with Crippen LogP contribution in [0, 0.1) is 13.8 Å². The Labute approximate surface area is 183 Å². The van der Waals surface area contributed by atoms with Crippen molar-refractivity contribution in [3.8, 4) is 11.3 Å². The number of rotatable bonds is 6. The third-order valence-electron chi connectivity index (χ3n) is 5.46. The topological polar surface area (TPSA) is 84.4 Å². The van der Waals surface area contributed by atoms with Gasteiger partial charge in [-0.15, -0.1) is 10.2 Å². The van der Waals surface area contributed by atoms with Crippen molar-refractivity contribution >= 4 is 15.8 Å². The molecule has 2 heterocycles. The van der Waals surface area contributed by atoms with Gasteiger partial charge >= 0.3 is 0 Å². The second-order valence-electron chi connectivity index (χ2n) is 7.58. The van der Waals surface area contributed by atoms with E-state index in [0.717, 1.165) is 5.56 Å². The van der Waals surface area contributed by atoms with Crippen LogP contribution in [0.15, 0.2) is 59.5 Å². The van der Waals surface area contributed by atoms with Crippen LogP contribution in [0.25, 0.3) is 11.3 Å². The molecule has 0 unspecified atom stereocenters. The Balaban J connectivity index is 1.53. The lowest BCUT2D eigenvalue weighted by molar-refractivity contribution is 0.0730. The lowest BCUT2D eigenvalue weighted by Crippen LogP contribution is -2.40. The van der Waals surface area contributed by atoms with Crippen LogP contribution in [0.3, 0.4) is 0 Å². The molecule has 0 aliphatic carbocycles. The summed E-state index contributed by atoms with van der Waals surface area (Å²) in [5.41, 5.74) is 4.47. The minimum atomic E-state index is -3.58. The van der Waals surface area contributed by atoms with E-state index in [1.165, 1.54) is 15.4 Å². The molecule has 4 rings (SSSR count). The van der Waals surface area contributed by atoms with E-state index in [1.807, 2.05) is 36.4 Å². The zero-order valence-electron chi connectivity index (χ0n) is 17.7. The zero-order chi connectivity index (χ0) is 21.8. The Morgan fingerprint density at radius 1 is 0.968 bits per heavy atom. The van der Waals surface area contributed by atoms with Crippen LogP contribution in [0.5, 0.6) is 0 Å². The average Bonchev–Trinajstić information content (AvgIpc) is 2.80. The fourth-order valence-electron chi connectivity index (χ4n) is 3.54. The van der Waals surface area contributed by atoms with Crippen LogP contribution in [-0.4, -0.2) is 49.2 Å². The highest BCUT2D eigenvalue weighted by Crippen LogP contribution is 2.27. The molecule has 0 radical (unpaired) electrons. The van der Waals surface area contributed by atoms with E-state index in [0.29, 0.717) is 54.8 Å². The summed E-state index contributed by atoms with van der Waals surface area (Å²) in [6, 6.07) is 17.3. The maximum absolute atomic E-state index is 13.1. The Kier molecular flexibility index (Phi) is 6.31. The largest absolute Gasteiger partial charge is 0.379 e. The van der Waals surface area contributed by atoms with Crippen LogP contribution in [0.1, 0.15) is 16.7 Å². The van der Waals surface area contributed by atoms with Gasteiger partial charge in [0.15, 0.2) is 0 Å². The van der Waals surface area contributed by atoms with E-state index in [9.17, 15) is 8.42 Å². The number of hydrogen-bond acceptors (Lipinski definition) is 6. The summed E-state index contributed by atoms with van der Waals surface area (Å²) in [5, 5.41) is 11.9. The van der Waals surface area contributed by atoms with E-state index in [4.69, 9.17) is 4.74 Å². The molecule has 1 saturated heterocycles. The molecule has 1 N–H and O–H groups in total. The molecule has 3 aromatic rings. The van der Waals surface area contributed by atoms with Gasteiger partial charge in [0.2, 0.25) is 10.0 Å². The number of benzene rings is 2. The van der Waals surface area contributed by atoms with Crippen molar-refractivity contribution in [3.63, 3.8) is 0 Å². The summed E-state index contributed by atoms with van der Waals surface area (Å²) >= 11 is 0. The highest BCUT2D eigenvalue weighted by molar-refractivity contribution is 7.89. The molecule has 1 fully saturated rings. The molecule has 0 spiro atoms. The molecule has 0 atom stereocenters. The van der Waals surface area contributed by atoms with Crippen molar-refractivity contribution in [1.82, 2.24) is 14.5 Å². The van der Waals surface area contributed by atoms with E-state index in [1.54, 1.807) is 13.0 Å². The summed E-state index contributed by atoms with van der Waals surface area (Å²) in [6.45, 7) is 6.11. The van der Waals surface area contributed by atoms with Gasteiger partial charge in [-0.3, -0.25) is 0 Å². The van der Waals surface area contributed by atoms with Gasteiger partial charge in [-0.05, 0) is 48.7 Å². The molecule has 31 heavy (non-hydrogen) atoms. The first-order valence-electron chi connectivity index (χ1n) is 10.3. The normalized spacial score (nSPS) is 15.0. The fraction of sp³-hybridized carbons (Fsp3) is 0.304. The van der Waals surface area contributed by atoms with E-state index in [-0.39, 0.29) is 0 Å². The maximum atomic E-state index is 13.1. The van der Waals surface area contributed by atoms with E-state index >= 15 is 0 Å². The molecule has 1 aromatic heterocycles. The first-order valence-corrected chi connectivity index (χ1v) is 11.7. The van der Waals surface area contributed by atoms with E-state index < -0.39 is 10.0 Å². The molecular formula is C23H26N4O3S. The number of morpholine rings is 1. The van der Waals surface area contributed by atoms with Crippen molar-refractivity contribution < 1.29 is 13.2 Å². The Bertz CT molecular complexity index is 1160. The minimum absolute atomic E-state index is 0.301. The fourth-order valence-corrected chi connectivity index (χ4v) is 5.20. The number of hydrogen-bond donors (Lipinski definition) is 1. The molecule has 2 aromatic carbocycles. The Morgan fingerprint density at radius 3 is 2.45 bits per heavy atom. The summed E-state index contributed by atoms with van der Waals surface area (Å²) < 4.78 is 33.0. The molecule has 0 amide bonds. The SMILES string of the molecule is Cc1ccccc1CNc1ccc(-c2ccc(C)c(S(=O)(=O)N3CCOCC3)c2)nn1. The van der Waals surface area contributed by atoms with Gasteiger partial charge in [0, 0.05) is 25.2 Å². The van der Waals surface area contributed by atoms with Gasteiger partial charge in [-0.2, -0.15) is 4.31 Å². The predicted molar refractivity (Wildman–Crippen MR) is 120 cm³/mol. The molecule has 0 bridgehead atoms. The second kappa shape index (κ2) is 9.13. The number of ether oxygens (including phenoxy) is 1. The van der Waals surface area contributed by atoms with Crippen molar-refractivity contribution in [2.45, 2.75) is 25.3 Å². The summed E-state index contributed by atoms with van der Waals surface area (Å²) in [7, 11) is -3.58.